The Labute approximate surface area is 181 Å². The van der Waals surface area contributed by atoms with Crippen LogP contribution in [0.5, 0.6) is 0 Å². The molecular formula is C22H30FN5OS. The van der Waals surface area contributed by atoms with Crippen molar-refractivity contribution in [2.45, 2.75) is 38.8 Å². The van der Waals surface area contributed by atoms with Crippen LogP contribution in [0.15, 0.2) is 17.5 Å². The summed E-state index contributed by atoms with van der Waals surface area (Å²) in [6.45, 7) is 6.68. The van der Waals surface area contributed by atoms with E-state index in [0.29, 0.717) is 40.0 Å². The van der Waals surface area contributed by atoms with Crippen molar-refractivity contribution < 1.29 is 9.18 Å². The van der Waals surface area contributed by atoms with Crippen LogP contribution in [0.3, 0.4) is 0 Å². The van der Waals surface area contributed by atoms with Gasteiger partial charge in [0.25, 0.3) is 5.91 Å². The van der Waals surface area contributed by atoms with Crippen LogP contribution in [0.1, 0.15) is 36.5 Å². The summed E-state index contributed by atoms with van der Waals surface area (Å²) in [5.41, 5.74) is 8.39. The Morgan fingerprint density at radius 3 is 2.60 bits per heavy atom. The molecule has 1 aromatic carbocycles. The third kappa shape index (κ3) is 4.16. The molecule has 1 aromatic heterocycles. The van der Waals surface area contributed by atoms with Gasteiger partial charge in [-0.15, -0.1) is 11.3 Å². The summed E-state index contributed by atoms with van der Waals surface area (Å²) in [7, 11) is 3.91. The number of likely N-dealkylation sites (N-methyl/N-ethyl adjacent to an activating group) is 1. The molecule has 0 bridgehead atoms. The summed E-state index contributed by atoms with van der Waals surface area (Å²) in [5, 5.41) is 2.12. The fraction of sp³-hybridized carbons (Fsp3) is 0.545. The van der Waals surface area contributed by atoms with Crippen LogP contribution < -0.4 is 10.6 Å². The maximum absolute atomic E-state index is 15.1. The van der Waals surface area contributed by atoms with Gasteiger partial charge in [0.2, 0.25) is 0 Å². The smallest absolute Gasteiger partial charge is 0.282 e. The first-order valence-corrected chi connectivity index (χ1v) is 11.4. The average molecular weight is 432 g/mol. The van der Waals surface area contributed by atoms with Crippen LogP contribution in [-0.2, 0) is 0 Å². The van der Waals surface area contributed by atoms with Gasteiger partial charge in [-0.2, -0.15) is 0 Å². The molecule has 1 aliphatic carbocycles. The maximum atomic E-state index is 15.1. The van der Waals surface area contributed by atoms with Gasteiger partial charge in [0.15, 0.2) is 5.01 Å². The third-order valence-corrected chi connectivity index (χ3v) is 7.19. The number of nitrogen functional groups attached to an aromatic ring is 1. The van der Waals surface area contributed by atoms with E-state index in [1.807, 2.05) is 0 Å². The molecule has 0 radical (unpaired) electrons. The lowest BCUT2D eigenvalue weighted by Crippen LogP contribution is -2.55. The van der Waals surface area contributed by atoms with Crippen LogP contribution in [0, 0.1) is 11.7 Å². The number of carbonyl (C=O) groups is 1. The lowest BCUT2D eigenvalue weighted by molar-refractivity contribution is 0.0788. The summed E-state index contributed by atoms with van der Waals surface area (Å²) >= 11 is 1.25. The number of nitrogens with two attached hydrogens (primary N) is 1. The molecule has 2 heterocycles. The largest absolute Gasteiger partial charge is 0.397 e. The van der Waals surface area contributed by atoms with Gasteiger partial charge in [0.05, 0.1) is 17.1 Å². The minimum absolute atomic E-state index is 0.108. The van der Waals surface area contributed by atoms with Gasteiger partial charge in [-0.25, -0.2) is 9.37 Å². The highest BCUT2D eigenvalue weighted by atomic mass is 32.1. The Morgan fingerprint density at radius 1 is 1.30 bits per heavy atom. The SMILES string of the molecule is C[C@@H]1CN(c2cc(F)c(-c3csc(C(=O)N(C)CC4CC4)n3)cc2N)C[C@H](C)N1C. The van der Waals surface area contributed by atoms with E-state index in [-0.39, 0.29) is 11.7 Å². The van der Waals surface area contributed by atoms with Crippen molar-refractivity contribution in [3.05, 3.63) is 28.3 Å². The minimum Gasteiger partial charge on any atom is -0.397 e. The quantitative estimate of drug-likeness (QED) is 0.734. The van der Waals surface area contributed by atoms with Gasteiger partial charge in [0, 0.05) is 49.7 Å². The highest BCUT2D eigenvalue weighted by Crippen LogP contribution is 2.35. The molecule has 8 heteroatoms. The molecule has 6 nitrogen and oxygen atoms in total. The molecule has 4 rings (SSSR count). The van der Waals surface area contributed by atoms with Crippen LogP contribution in [0.4, 0.5) is 15.8 Å². The summed E-state index contributed by atoms with van der Waals surface area (Å²) in [5.74, 6) is 0.140. The van der Waals surface area contributed by atoms with Crippen molar-refractivity contribution in [3.63, 3.8) is 0 Å². The molecule has 1 saturated heterocycles. The number of halogens is 1. The van der Waals surface area contributed by atoms with Crippen molar-refractivity contribution in [1.82, 2.24) is 14.8 Å². The zero-order valence-electron chi connectivity index (χ0n) is 18.1. The van der Waals surface area contributed by atoms with Crippen LogP contribution in [0.2, 0.25) is 0 Å². The maximum Gasteiger partial charge on any atom is 0.282 e. The van der Waals surface area contributed by atoms with Crippen LogP contribution in [-0.4, -0.2) is 66.5 Å². The number of anilines is 2. The van der Waals surface area contributed by atoms with E-state index >= 15 is 4.39 Å². The third-order valence-electron chi connectivity index (χ3n) is 6.36. The molecule has 0 unspecified atom stereocenters. The first-order valence-electron chi connectivity index (χ1n) is 10.5. The van der Waals surface area contributed by atoms with Crippen molar-refractivity contribution in [3.8, 4) is 11.3 Å². The lowest BCUT2D eigenvalue weighted by atomic mass is 10.1. The summed E-state index contributed by atoms with van der Waals surface area (Å²) < 4.78 is 15.1. The Bertz CT molecular complexity index is 932. The molecule has 0 spiro atoms. The zero-order valence-corrected chi connectivity index (χ0v) is 18.9. The van der Waals surface area contributed by atoms with Gasteiger partial charge in [-0.05, 0) is 51.8 Å². The number of carbonyl (C=O) groups excluding carboxylic acids is 1. The predicted octanol–water partition coefficient (Wildman–Crippen LogP) is 3.54. The number of thiazole rings is 1. The van der Waals surface area contributed by atoms with Gasteiger partial charge in [-0.3, -0.25) is 9.69 Å². The van der Waals surface area contributed by atoms with E-state index in [1.54, 1.807) is 23.4 Å². The van der Waals surface area contributed by atoms with Gasteiger partial charge >= 0.3 is 0 Å². The van der Waals surface area contributed by atoms with Crippen LogP contribution >= 0.6 is 11.3 Å². The van der Waals surface area contributed by atoms with Gasteiger partial charge < -0.3 is 15.5 Å². The molecule has 1 amide bonds. The normalized spacial score (nSPS) is 22.4. The monoisotopic (exact) mass is 431 g/mol. The second kappa shape index (κ2) is 8.15. The second-order valence-corrected chi connectivity index (χ2v) is 9.68. The molecule has 2 aromatic rings. The fourth-order valence-electron chi connectivity index (χ4n) is 4.08. The number of benzene rings is 1. The molecule has 1 saturated carbocycles. The number of hydrogen-bond donors (Lipinski definition) is 1. The average Bonchev–Trinajstić information content (AvgIpc) is 3.38. The van der Waals surface area contributed by atoms with Gasteiger partial charge in [-0.1, -0.05) is 0 Å². The Balaban J connectivity index is 1.55. The van der Waals surface area contributed by atoms with E-state index in [9.17, 15) is 4.79 Å². The van der Waals surface area contributed by atoms with E-state index < -0.39 is 0 Å². The van der Waals surface area contributed by atoms with Crippen molar-refractivity contribution in [2.75, 3.05) is 44.4 Å². The molecule has 2 atom stereocenters. The Hall–Kier alpha value is -2.19. The molecule has 2 fully saturated rings. The zero-order chi connectivity index (χ0) is 21.6. The van der Waals surface area contributed by atoms with Gasteiger partial charge in [0.1, 0.15) is 5.82 Å². The first-order chi connectivity index (χ1) is 14.2. The topological polar surface area (TPSA) is 65.7 Å². The molecule has 30 heavy (non-hydrogen) atoms. The minimum atomic E-state index is -0.367. The molecule has 2 aliphatic rings. The number of hydrogen-bond acceptors (Lipinski definition) is 6. The van der Waals surface area contributed by atoms with E-state index in [1.165, 1.54) is 30.2 Å². The standard InChI is InChI=1S/C22H30FN5OS/c1-13-9-28(10-14(2)27(13)4)20-8-17(23)16(7-18(20)24)19-12-30-21(25-19)22(29)26(3)11-15-5-6-15/h7-8,12-15H,5-6,9-11,24H2,1-4H3/t13-,14+. The molecule has 2 N–H and O–H groups in total. The predicted molar refractivity (Wildman–Crippen MR) is 121 cm³/mol. The molecule has 162 valence electrons. The number of rotatable bonds is 5. The fourth-order valence-corrected chi connectivity index (χ4v) is 4.89. The number of nitrogens with zero attached hydrogens (tertiary/aromatic N) is 4. The summed E-state index contributed by atoms with van der Waals surface area (Å²) in [4.78, 5) is 23.2. The second-order valence-electron chi connectivity index (χ2n) is 8.83. The summed E-state index contributed by atoms with van der Waals surface area (Å²) in [6.07, 6.45) is 2.37. The van der Waals surface area contributed by atoms with Crippen molar-refractivity contribution >= 4 is 28.6 Å². The Morgan fingerprint density at radius 2 is 1.97 bits per heavy atom. The highest BCUT2D eigenvalue weighted by molar-refractivity contribution is 7.12. The Kier molecular flexibility index (Phi) is 5.72. The van der Waals surface area contributed by atoms with E-state index in [4.69, 9.17) is 5.73 Å². The lowest BCUT2D eigenvalue weighted by Gasteiger charge is -2.43. The highest BCUT2D eigenvalue weighted by Gasteiger charge is 2.29. The summed E-state index contributed by atoms with van der Waals surface area (Å²) in [6, 6.07) is 3.87. The number of piperazine rings is 1. The van der Waals surface area contributed by atoms with Crippen LogP contribution in [0.25, 0.3) is 11.3 Å². The van der Waals surface area contributed by atoms with E-state index in [2.05, 4.69) is 35.7 Å². The molecular weight excluding hydrogens is 401 g/mol. The number of aromatic nitrogens is 1. The number of amides is 1. The first kappa shape index (κ1) is 21.1. The van der Waals surface area contributed by atoms with E-state index in [0.717, 1.165) is 25.3 Å². The molecule has 1 aliphatic heterocycles. The van der Waals surface area contributed by atoms with Crippen molar-refractivity contribution in [2.24, 2.45) is 5.92 Å². The van der Waals surface area contributed by atoms with Crippen molar-refractivity contribution in [1.29, 1.82) is 0 Å².